The Hall–Kier alpha value is -0.643. The fraction of sp³-hybridized carbons (Fsp3) is 0.571. The first-order chi connectivity index (χ1) is 8.36. The number of hydrogen-bond donors (Lipinski definition) is 0. The van der Waals surface area contributed by atoms with Crippen LogP contribution in [0.25, 0.3) is 0 Å². The van der Waals surface area contributed by atoms with Gasteiger partial charge in [-0.15, -0.1) is 0 Å². The lowest BCUT2D eigenvalue weighted by molar-refractivity contribution is 0.147. The van der Waals surface area contributed by atoms with E-state index in [1.807, 2.05) is 0 Å². The van der Waals surface area contributed by atoms with Crippen molar-refractivity contribution in [1.82, 2.24) is 0 Å². The molecule has 3 heteroatoms. The first-order valence-corrected chi connectivity index (χ1v) is 7.75. The summed E-state index contributed by atoms with van der Waals surface area (Å²) in [5.74, 6) is 0. The molecule has 1 atom stereocenters. The molecule has 1 aromatic rings. The third-order valence-electron chi connectivity index (χ3n) is 2.65. The van der Waals surface area contributed by atoms with Gasteiger partial charge in [0.2, 0.25) is 0 Å². The van der Waals surface area contributed by atoms with Crippen LogP contribution >= 0.6 is 0 Å². The molecule has 0 amide bonds. The molecule has 0 radical (unpaired) electrons. The lowest BCUT2D eigenvalue weighted by Gasteiger charge is -2.17. The molecule has 2 nitrogen and oxygen atoms in total. The molecule has 0 fully saturated rings. The van der Waals surface area contributed by atoms with Gasteiger partial charge in [0.25, 0.3) is 0 Å². The number of rotatable bonds is 9. The van der Waals surface area contributed by atoms with Crippen LogP contribution in [0, 0.1) is 0 Å². The third kappa shape index (κ3) is 6.61. The highest BCUT2D eigenvalue weighted by molar-refractivity contribution is 6.18. The summed E-state index contributed by atoms with van der Waals surface area (Å²) in [6, 6.07) is 10.6. The van der Waals surface area contributed by atoms with Crippen LogP contribution in [-0.4, -0.2) is 22.7 Å². The molecular formula is C14H24O2Si. The molecule has 0 N–H and O–H groups in total. The quantitative estimate of drug-likeness (QED) is 0.497. The van der Waals surface area contributed by atoms with Crippen LogP contribution in [0.4, 0.5) is 0 Å². The van der Waals surface area contributed by atoms with E-state index < -0.39 is 10.0 Å². The summed E-state index contributed by atoms with van der Waals surface area (Å²) in [4.78, 5) is 0. The number of benzene rings is 1. The van der Waals surface area contributed by atoms with Gasteiger partial charge in [0.05, 0.1) is 6.10 Å². The highest BCUT2D eigenvalue weighted by atomic mass is 28.3. The minimum Gasteiger partial charge on any atom is -0.399 e. The fourth-order valence-corrected chi connectivity index (χ4v) is 2.77. The monoisotopic (exact) mass is 252 g/mol. The third-order valence-corrected chi connectivity index (χ3v) is 3.72. The van der Waals surface area contributed by atoms with Gasteiger partial charge >= 0.3 is 10.0 Å². The van der Waals surface area contributed by atoms with E-state index in [-0.39, 0.29) is 0 Å². The molecule has 0 aliphatic heterocycles. The van der Waals surface area contributed by atoms with Crippen molar-refractivity contribution in [1.29, 1.82) is 0 Å². The van der Waals surface area contributed by atoms with Crippen molar-refractivity contribution in [3.05, 3.63) is 35.9 Å². The first kappa shape index (κ1) is 14.4. The molecule has 0 aliphatic rings. The molecule has 0 spiro atoms. The zero-order valence-corrected chi connectivity index (χ0v) is 12.4. The van der Waals surface area contributed by atoms with Crippen molar-refractivity contribution in [2.45, 2.75) is 45.6 Å². The van der Waals surface area contributed by atoms with Crippen LogP contribution in [0.2, 0.25) is 0 Å². The van der Waals surface area contributed by atoms with Gasteiger partial charge in [0.15, 0.2) is 0 Å². The summed E-state index contributed by atoms with van der Waals surface area (Å²) >= 11 is 0. The van der Waals surface area contributed by atoms with Crippen molar-refractivity contribution in [3.8, 4) is 0 Å². The highest BCUT2D eigenvalue weighted by Crippen LogP contribution is 2.10. The van der Waals surface area contributed by atoms with E-state index in [4.69, 9.17) is 8.85 Å². The van der Waals surface area contributed by atoms with Crippen LogP contribution in [0.3, 0.4) is 0 Å². The van der Waals surface area contributed by atoms with Gasteiger partial charge in [-0.1, -0.05) is 50.6 Å². The maximum atomic E-state index is 5.91. The molecule has 96 valence electrons. The topological polar surface area (TPSA) is 18.5 Å². The molecule has 0 bridgehead atoms. The van der Waals surface area contributed by atoms with Gasteiger partial charge < -0.3 is 8.85 Å². The Morgan fingerprint density at radius 1 is 1.12 bits per heavy atom. The van der Waals surface area contributed by atoms with Gasteiger partial charge in [0, 0.05) is 6.61 Å². The van der Waals surface area contributed by atoms with E-state index in [1.165, 1.54) is 12.0 Å². The first-order valence-electron chi connectivity index (χ1n) is 6.60. The minimum atomic E-state index is -0.783. The van der Waals surface area contributed by atoms with Gasteiger partial charge in [0.1, 0.15) is 0 Å². The molecule has 0 aromatic heterocycles. The zero-order valence-electron chi connectivity index (χ0n) is 11.0. The van der Waals surface area contributed by atoms with Gasteiger partial charge in [-0.3, -0.25) is 0 Å². The SMILES string of the molecule is CCCO[SiH2]OC(CCC)Cc1ccccc1. The summed E-state index contributed by atoms with van der Waals surface area (Å²) in [6.45, 7) is 5.17. The van der Waals surface area contributed by atoms with Crippen LogP contribution in [0.5, 0.6) is 0 Å². The Bertz CT molecular complexity index is 277. The van der Waals surface area contributed by atoms with E-state index in [0.717, 1.165) is 25.9 Å². The van der Waals surface area contributed by atoms with Crippen LogP contribution in [-0.2, 0) is 15.3 Å². The second kappa shape index (κ2) is 9.39. The van der Waals surface area contributed by atoms with Crippen LogP contribution in [0.15, 0.2) is 30.3 Å². The molecule has 0 aliphatic carbocycles. The maximum Gasteiger partial charge on any atom is 0.304 e. The van der Waals surface area contributed by atoms with Crippen molar-refractivity contribution >= 4 is 10.0 Å². The van der Waals surface area contributed by atoms with Crippen molar-refractivity contribution in [3.63, 3.8) is 0 Å². The van der Waals surface area contributed by atoms with Crippen molar-refractivity contribution in [2.24, 2.45) is 0 Å². The number of hydrogen-bond acceptors (Lipinski definition) is 2. The Kier molecular flexibility index (Phi) is 7.97. The van der Waals surface area contributed by atoms with E-state index in [2.05, 4.69) is 44.2 Å². The van der Waals surface area contributed by atoms with Gasteiger partial charge in [-0.05, 0) is 24.8 Å². The molecule has 1 rings (SSSR count). The summed E-state index contributed by atoms with van der Waals surface area (Å²) in [5.41, 5.74) is 1.36. The Labute approximate surface area is 107 Å². The molecule has 1 unspecified atom stereocenters. The van der Waals surface area contributed by atoms with Gasteiger partial charge in [-0.25, -0.2) is 0 Å². The molecule has 1 aromatic carbocycles. The Balaban J connectivity index is 2.32. The summed E-state index contributed by atoms with van der Waals surface area (Å²) < 4.78 is 11.4. The van der Waals surface area contributed by atoms with E-state index in [9.17, 15) is 0 Å². The molecule has 17 heavy (non-hydrogen) atoms. The van der Waals surface area contributed by atoms with E-state index >= 15 is 0 Å². The highest BCUT2D eigenvalue weighted by Gasteiger charge is 2.08. The minimum absolute atomic E-state index is 0.339. The average molecular weight is 252 g/mol. The Morgan fingerprint density at radius 2 is 1.88 bits per heavy atom. The van der Waals surface area contributed by atoms with E-state index in [0.29, 0.717) is 6.10 Å². The maximum absolute atomic E-state index is 5.91. The van der Waals surface area contributed by atoms with Crippen molar-refractivity contribution in [2.75, 3.05) is 6.61 Å². The molecule has 0 saturated carbocycles. The second-order valence-corrected chi connectivity index (χ2v) is 5.27. The lowest BCUT2D eigenvalue weighted by atomic mass is 10.1. The molecule has 0 saturated heterocycles. The lowest BCUT2D eigenvalue weighted by Crippen LogP contribution is -2.20. The molecule has 0 heterocycles. The summed E-state index contributed by atoms with van der Waals surface area (Å²) in [6.07, 6.45) is 4.72. The van der Waals surface area contributed by atoms with E-state index in [1.54, 1.807) is 0 Å². The molecular weight excluding hydrogens is 228 g/mol. The second-order valence-electron chi connectivity index (χ2n) is 4.29. The van der Waals surface area contributed by atoms with Crippen LogP contribution < -0.4 is 0 Å². The summed E-state index contributed by atoms with van der Waals surface area (Å²) in [7, 11) is -0.783. The summed E-state index contributed by atoms with van der Waals surface area (Å²) in [5, 5.41) is 0. The van der Waals surface area contributed by atoms with Crippen LogP contribution in [0.1, 0.15) is 38.7 Å². The predicted octanol–water partition coefficient (Wildman–Crippen LogP) is 2.84. The smallest absolute Gasteiger partial charge is 0.304 e. The standard InChI is InChI=1S/C14H24O2Si/c1-3-8-14(16-17-15-11-4-2)12-13-9-6-5-7-10-13/h5-7,9-10,14H,3-4,8,11-12,17H2,1-2H3. The average Bonchev–Trinajstić information content (AvgIpc) is 2.36. The normalized spacial score (nSPS) is 13.3. The Morgan fingerprint density at radius 3 is 2.53 bits per heavy atom. The van der Waals surface area contributed by atoms with Gasteiger partial charge in [-0.2, -0.15) is 0 Å². The fourth-order valence-electron chi connectivity index (χ4n) is 1.79. The zero-order chi connectivity index (χ0) is 12.3. The predicted molar refractivity (Wildman–Crippen MR) is 74.7 cm³/mol. The van der Waals surface area contributed by atoms with Crippen molar-refractivity contribution < 1.29 is 8.85 Å². The largest absolute Gasteiger partial charge is 0.399 e.